The van der Waals surface area contributed by atoms with Crippen LogP contribution < -0.4 is 4.74 Å². The standard InChI is InChI=1S/C10H10NO/c1-12-10-7-3-2-5-9(10)6-4-8-11/h2-5,7H,6H2,1H3. The number of para-hydroxylation sites is 1. The molecule has 0 bridgehead atoms. The number of ether oxygens (including phenoxy) is 1. The molecule has 0 amide bonds. The molecule has 0 N–H and O–H groups in total. The van der Waals surface area contributed by atoms with E-state index in [-0.39, 0.29) is 0 Å². The van der Waals surface area contributed by atoms with Gasteiger partial charge in [-0.2, -0.15) is 5.26 Å². The van der Waals surface area contributed by atoms with E-state index in [9.17, 15) is 0 Å². The van der Waals surface area contributed by atoms with Gasteiger partial charge in [-0.05, 0) is 18.1 Å². The van der Waals surface area contributed by atoms with E-state index in [1.165, 1.54) is 0 Å². The third kappa shape index (κ3) is 2.00. The number of nitrogens with zero attached hydrogens (tertiary/aromatic N) is 1. The molecule has 0 atom stereocenters. The fourth-order valence-corrected chi connectivity index (χ4v) is 1.03. The lowest BCUT2D eigenvalue weighted by molar-refractivity contribution is 0.410. The Balaban J connectivity index is 2.76. The van der Waals surface area contributed by atoms with E-state index in [2.05, 4.69) is 0 Å². The topological polar surface area (TPSA) is 33.0 Å². The molecule has 1 aromatic carbocycles. The lowest BCUT2D eigenvalue weighted by Gasteiger charge is -2.04. The van der Waals surface area contributed by atoms with Gasteiger partial charge >= 0.3 is 0 Å². The molecular weight excluding hydrogens is 150 g/mol. The highest BCUT2D eigenvalue weighted by Crippen LogP contribution is 2.17. The van der Waals surface area contributed by atoms with Gasteiger partial charge in [0.05, 0.1) is 19.6 Å². The van der Waals surface area contributed by atoms with Gasteiger partial charge in [0.25, 0.3) is 0 Å². The maximum atomic E-state index is 8.34. The van der Waals surface area contributed by atoms with Crippen molar-refractivity contribution in [1.82, 2.24) is 0 Å². The first-order valence-corrected chi connectivity index (χ1v) is 3.71. The molecule has 1 aromatic rings. The fraction of sp³-hybridized carbons (Fsp3) is 0.200. The highest BCUT2D eigenvalue weighted by molar-refractivity contribution is 5.34. The largest absolute Gasteiger partial charge is 0.496 e. The Morgan fingerprint density at radius 2 is 2.25 bits per heavy atom. The first-order chi connectivity index (χ1) is 5.88. The summed E-state index contributed by atoms with van der Waals surface area (Å²) >= 11 is 0. The van der Waals surface area contributed by atoms with Crippen molar-refractivity contribution in [2.45, 2.75) is 6.42 Å². The van der Waals surface area contributed by atoms with Gasteiger partial charge in [0.2, 0.25) is 0 Å². The minimum Gasteiger partial charge on any atom is -0.496 e. The molecule has 0 spiro atoms. The molecule has 1 rings (SSSR count). The minimum atomic E-state index is 0.639. The number of benzene rings is 1. The van der Waals surface area contributed by atoms with Crippen LogP contribution in [-0.4, -0.2) is 7.11 Å². The van der Waals surface area contributed by atoms with Crippen molar-refractivity contribution in [3.05, 3.63) is 36.2 Å². The first-order valence-electron chi connectivity index (χ1n) is 3.71. The molecule has 0 saturated heterocycles. The average Bonchev–Trinajstić information content (AvgIpc) is 2.15. The molecule has 0 heterocycles. The number of hydrogen-bond acceptors (Lipinski definition) is 2. The number of hydrogen-bond donors (Lipinski definition) is 0. The Bertz CT molecular complexity index is 288. The Hall–Kier alpha value is -1.49. The van der Waals surface area contributed by atoms with Gasteiger partial charge in [-0.3, -0.25) is 0 Å². The van der Waals surface area contributed by atoms with Gasteiger partial charge in [0.1, 0.15) is 5.75 Å². The molecule has 61 valence electrons. The summed E-state index contributed by atoms with van der Waals surface area (Å²) in [7, 11) is 1.63. The van der Waals surface area contributed by atoms with Crippen LogP contribution in [0.3, 0.4) is 0 Å². The summed E-state index contributed by atoms with van der Waals surface area (Å²) in [4.78, 5) is 0. The molecule has 0 unspecified atom stereocenters. The van der Waals surface area contributed by atoms with Crippen molar-refractivity contribution in [2.75, 3.05) is 7.11 Å². The molecule has 0 saturated carbocycles. The predicted molar refractivity (Wildman–Crippen MR) is 46.6 cm³/mol. The summed E-state index contributed by atoms with van der Waals surface area (Å²) in [5.41, 5.74) is 1.04. The molecule has 0 aromatic heterocycles. The minimum absolute atomic E-state index is 0.639. The Labute approximate surface area is 72.4 Å². The van der Waals surface area contributed by atoms with Gasteiger partial charge < -0.3 is 4.74 Å². The van der Waals surface area contributed by atoms with Crippen LogP contribution in [0.5, 0.6) is 5.75 Å². The van der Waals surface area contributed by atoms with Gasteiger partial charge in [-0.1, -0.05) is 18.2 Å². The lowest BCUT2D eigenvalue weighted by atomic mass is 10.1. The van der Waals surface area contributed by atoms with E-state index in [1.54, 1.807) is 13.5 Å². The molecule has 12 heavy (non-hydrogen) atoms. The number of nitriles is 1. The van der Waals surface area contributed by atoms with E-state index in [0.717, 1.165) is 11.3 Å². The molecule has 0 aliphatic rings. The van der Waals surface area contributed by atoms with Crippen molar-refractivity contribution in [3.63, 3.8) is 0 Å². The van der Waals surface area contributed by atoms with Crippen LogP contribution in [-0.2, 0) is 6.42 Å². The lowest BCUT2D eigenvalue weighted by Crippen LogP contribution is -1.91. The van der Waals surface area contributed by atoms with E-state index >= 15 is 0 Å². The molecule has 2 heteroatoms. The fourth-order valence-electron chi connectivity index (χ4n) is 1.03. The third-order valence-electron chi connectivity index (χ3n) is 1.61. The molecule has 0 aliphatic carbocycles. The normalized spacial score (nSPS) is 9.00. The monoisotopic (exact) mass is 160 g/mol. The average molecular weight is 160 g/mol. The zero-order chi connectivity index (χ0) is 8.81. The van der Waals surface area contributed by atoms with Crippen LogP contribution in [0.4, 0.5) is 0 Å². The van der Waals surface area contributed by atoms with Crippen LogP contribution in [0.15, 0.2) is 24.3 Å². The van der Waals surface area contributed by atoms with Crippen molar-refractivity contribution in [1.29, 1.82) is 5.26 Å². The molecule has 2 nitrogen and oxygen atoms in total. The van der Waals surface area contributed by atoms with E-state index < -0.39 is 0 Å². The predicted octanol–water partition coefficient (Wildman–Crippen LogP) is 1.97. The Kier molecular flexibility index (Phi) is 3.16. The van der Waals surface area contributed by atoms with Crippen LogP contribution in [0.1, 0.15) is 5.56 Å². The second kappa shape index (κ2) is 4.40. The van der Waals surface area contributed by atoms with Crippen molar-refractivity contribution in [2.24, 2.45) is 0 Å². The smallest absolute Gasteiger partial charge is 0.122 e. The molecule has 0 aliphatic heterocycles. The summed E-state index contributed by atoms with van der Waals surface area (Å²) in [6, 6.07) is 9.67. The van der Waals surface area contributed by atoms with Crippen molar-refractivity contribution >= 4 is 0 Å². The SMILES string of the molecule is COc1ccccc1C[CH]C#N. The molecule has 0 fully saturated rings. The maximum Gasteiger partial charge on any atom is 0.122 e. The Morgan fingerprint density at radius 1 is 1.50 bits per heavy atom. The Morgan fingerprint density at radius 3 is 2.92 bits per heavy atom. The highest BCUT2D eigenvalue weighted by Gasteiger charge is 1.99. The van der Waals surface area contributed by atoms with Crippen molar-refractivity contribution < 1.29 is 4.74 Å². The molecule has 1 radical (unpaired) electrons. The summed E-state index contributed by atoms with van der Waals surface area (Å²) in [6.45, 7) is 0. The van der Waals surface area contributed by atoms with Crippen LogP contribution >= 0.6 is 0 Å². The van der Waals surface area contributed by atoms with Gasteiger partial charge in [-0.15, -0.1) is 0 Å². The summed E-state index contributed by atoms with van der Waals surface area (Å²) in [5.74, 6) is 0.837. The van der Waals surface area contributed by atoms with Crippen LogP contribution in [0, 0.1) is 17.8 Å². The molecular formula is C10H10NO. The first kappa shape index (κ1) is 8.61. The second-order valence-corrected chi connectivity index (χ2v) is 2.35. The van der Waals surface area contributed by atoms with Gasteiger partial charge in [-0.25, -0.2) is 0 Å². The zero-order valence-electron chi connectivity index (χ0n) is 6.95. The van der Waals surface area contributed by atoms with E-state index in [4.69, 9.17) is 10.00 Å². The van der Waals surface area contributed by atoms with Gasteiger partial charge in [0.15, 0.2) is 0 Å². The quantitative estimate of drug-likeness (QED) is 0.677. The van der Waals surface area contributed by atoms with Gasteiger partial charge in [0, 0.05) is 0 Å². The van der Waals surface area contributed by atoms with Crippen LogP contribution in [0.2, 0.25) is 0 Å². The summed E-state index contributed by atoms with van der Waals surface area (Å²) in [5, 5.41) is 8.34. The zero-order valence-corrected chi connectivity index (χ0v) is 6.95. The van der Waals surface area contributed by atoms with E-state index in [0.29, 0.717) is 6.42 Å². The van der Waals surface area contributed by atoms with Crippen molar-refractivity contribution in [3.8, 4) is 11.8 Å². The van der Waals surface area contributed by atoms with Crippen LogP contribution in [0.25, 0.3) is 0 Å². The summed E-state index contributed by atoms with van der Waals surface area (Å²) in [6.07, 6.45) is 2.19. The number of methoxy groups -OCH3 is 1. The summed E-state index contributed by atoms with van der Waals surface area (Å²) < 4.78 is 5.11. The maximum absolute atomic E-state index is 8.34. The third-order valence-corrected chi connectivity index (χ3v) is 1.61. The number of rotatable bonds is 3. The van der Waals surface area contributed by atoms with E-state index in [1.807, 2.05) is 30.3 Å². The highest BCUT2D eigenvalue weighted by atomic mass is 16.5. The second-order valence-electron chi connectivity index (χ2n) is 2.35.